The molecular weight excluding hydrogens is 232 g/mol. The molecule has 72 valence electrons. The summed E-state index contributed by atoms with van der Waals surface area (Å²) in [7, 11) is 1.93. The summed E-state index contributed by atoms with van der Waals surface area (Å²) in [6, 6.07) is 2.08. The van der Waals surface area contributed by atoms with Gasteiger partial charge in [0.1, 0.15) is 0 Å². The van der Waals surface area contributed by atoms with E-state index >= 15 is 0 Å². The Kier molecular flexibility index (Phi) is 3.69. The third kappa shape index (κ3) is 2.67. The molecule has 0 radical (unpaired) electrons. The van der Waals surface area contributed by atoms with Crippen molar-refractivity contribution >= 4 is 21.6 Å². The highest BCUT2D eigenvalue weighted by atomic mass is 79.9. The maximum Gasteiger partial charge on any atom is 0.0632 e. The predicted molar refractivity (Wildman–Crippen MR) is 56.9 cm³/mol. The lowest BCUT2D eigenvalue weighted by atomic mass is 10.3. The van der Waals surface area contributed by atoms with Crippen molar-refractivity contribution in [2.24, 2.45) is 0 Å². The number of anilines is 1. The zero-order valence-electron chi connectivity index (χ0n) is 7.74. The Balaban J connectivity index is 2.82. The number of aliphatic hydroxyl groups is 1. The van der Waals surface area contributed by atoms with Gasteiger partial charge in [-0.1, -0.05) is 0 Å². The van der Waals surface area contributed by atoms with E-state index in [-0.39, 0.29) is 12.6 Å². The lowest BCUT2D eigenvalue weighted by Gasteiger charge is -2.24. The standard InChI is InChI=1S/C9H13BrN2O/c1-7(6-13)12(2)9-3-8(10)4-11-5-9/h3-5,7,13H,6H2,1-2H3/t7-/m1/s1. The van der Waals surface area contributed by atoms with E-state index < -0.39 is 0 Å². The maximum atomic E-state index is 8.96. The molecular formula is C9H13BrN2O. The predicted octanol–water partition coefficient (Wildman–Crippen LogP) is 1.66. The van der Waals surface area contributed by atoms with Gasteiger partial charge in [0.05, 0.1) is 18.5 Å². The van der Waals surface area contributed by atoms with Gasteiger partial charge in [0.2, 0.25) is 0 Å². The molecule has 1 aromatic heterocycles. The first-order valence-corrected chi connectivity index (χ1v) is 4.88. The first-order valence-electron chi connectivity index (χ1n) is 4.09. The number of halogens is 1. The Morgan fingerprint density at radius 3 is 2.85 bits per heavy atom. The molecule has 0 saturated carbocycles. The molecule has 1 heterocycles. The summed E-state index contributed by atoms with van der Waals surface area (Å²) in [5, 5.41) is 8.96. The first-order chi connectivity index (χ1) is 6.15. The van der Waals surface area contributed by atoms with E-state index in [2.05, 4.69) is 20.9 Å². The highest BCUT2D eigenvalue weighted by molar-refractivity contribution is 9.10. The fraction of sp³-hybridized carbons (Fsp3) is 0.444. The lowest BCUT2D eigenvalue weighted by Crippen LogP contribution is -2.31. The average Bonchev–Trinajstić information content (AvgIpc) is 2.15. The lowest BCUT2D eigenvalue weighted by molar-refractivity contribution is 0.270. The molecule has 3 nitrogen and oxygen atoms in total. The molecule has 0 amide bonds. The van der Waals surface area contributed by atoms with Gasteiger partial charge in [-0.3, -0.25) is 4.98 Å². The summed E-state index contributed by atoms with van der Waals surface area (Å²) in [6.45, 7) is 2.10. The molecule has 0 bridgehead atoms. The van der Waals surface area contributed by atoms with Gasteiger partial charge in [-0.15, -0.1) is 0 Å². The molecule has 0 unspecified atom stereocenters. The molecule has 1 atom stereocenters. The first kappa shape index (κ1) is 10.5. The van der Waals surface area contributed by atoms with Crippen molar-refractivity contribution in [2.75, 3.05) is 18.6 Å². The van der Waals surface area contributed by atoms with Gasteiger partial charge in [0, 0.05) is 23.8 Å². The molecule has 0 aliphatic carbocycles. The van der Waals surface area contributed by atoms with Gasteiger partial charge in [-0.05, 0) is 28.9 Å². The van der Waals surface area contributed by atoms with E-state index in [1.54, 1.807) is 12.4 Å². The Labute approximate surface area is 86.5 Å². The van der Waals surface area contributed by atoms with Crippen LogP contribution in [-0.4, -0.2) is 29.8 Å². The van der Waals surface area contributed by atoms with Crippen LogP contribution in [-0.2, 0) is 0 Å². The van der Waals surface area contributed by atoms with Crippen molar-refractivity contribution in [2.45, 2.75) is 13.0 Å². The normalized spacial score (nSPS) is 12.6. The van der Waals surface area contributed by atoms with Crippen LogP contribution in [0.3, 0.4) is 0 Å². The van der Waals surface area contributed by atoms with E-state index in [9.17, 15) is 0 Å². The van der Waals surface area contributed by atoms with Crippen LogP contribution >= 0.6 is 15.9 Å². The molecule has 4 heteroatoms. The van der Waals surface area contributed by atoms with Crippen LogP contribution in [0.25, 0.3) is 0 Å². The molecule has 0 fully saturated rings. The summed E-state index contributed by atoms with van der Waals surface area (Å²) in [5.41, 5.74) is 0.996. The van der Waals surface area contributed by atoms with Gasteiger partial charge in [0.25, 0.3) is 0 Å². The number of nitrogens with zero attached hydrogens (tertiary/aromatic N) is 2. The van der Waals surface area contributed by atoms with Gasteiger partial charge < -0.3 is 10.0 Å². The number of aliphatic hydroxyl groups excluding tert-OH is 1. The van der Waals surface area contributed by atoms with E-state index in [4.69, 9.17) is 5.11 Å². The molecule has 0 aliphatic heterocycles. The van der Waals surface area contributed by atoms with E-state index in [0.29, 0.717) is 0 Å². The molecule has 0 saturated heterocycles. The quantitative estimate of drug-likeness (QED) is 0.879. The van der Waals surface area contributed by atoms with Crippen LogP contribution in [0.1, 0.15) is 6.92 Å². The van der Waals surface area contributed by atoms with Crippen LogP contribution in [0.15, 0.2) is 22.9 Å². The highest BCUT2D eigenvalue weighted by Gasteiger charge is 2.08. The average molecular weight is 245 g/mol. The Bertz CT molecular complexity index is 280. The highest BCUT2D eigenvalue weighted by Crippen LogP contribution is 2.18. The van der Waals surface area contributed by atoms with Crippen molar-refractivity contribution in [3.05, 3.63) is 22.9 Å². The van der Waals surface area contributed by atoms with Crippen LogP contribution in [0.4, 0.5) is 5.69 Å². The van der Waals surface area contributed by atoms with Crippen molar-refractivity contribution in [1.82, 2.24) is 4.98 Å². The van der Waals surface area contributed by atoms with Gasteiger partial charge >= 0.3 is 0 Å². The topological polar surface area (TPSA) is 36.4 Å². The summed E-state index contributed by atoms with van der Waals surface area (Å²) in [5.74, 6) is 0. The minimum atomic E-state index is 0.107. The zero-order chi connectivity index (χ0) is 9.84. The maximum absolute atomic E-state index is 8.96. The summed E-state index contributed by atoms with van der Waals surface area (Å²) in [4.78, 5) is 6.04. The molecule has 0 spiro atoms. The minimum absolute atomic E-state index is 0.107. The van der Waals surface area contributed by atoms with Crippen LogP contribution in [0.5, 0.6) is 0 Å². The van der Waals surface area contributed by atoms with Crippen LogP contribution < -0.4 is 4.90 Å². The molecule has 1 aromatic rings. The zero-order valence-corrected chi connectivity index (χ0v) is 9.32. The number of hydrogen-bond acceptors (Lipinski definition) is 3. The minimum Gasteiger partial charge on any atom is -0.394 e. The SMILES string of the molecule is C[C@H](CO)N(C)c1cncc(Br)c1. The van der Waals surface area contributed by atoms with Crippen molar-refractivity contribution < 1.29 is 5.11 Å². The molecule has 1 rings (SSSR count). The second kappa shape index (κ2) is 4.58. The van der Waals surface area contributed by atoms with Crippen molar-refractivity contribution in [3.8, 4) is 0 Å². The number of likely N-dealkylation sites (N-methyl/N-ethyl adjacent to an activating group) is 1. The van der Waals surface area contributed by atoms with Gasteiger partial charge in [-0.2, -0.15) is 0 Å². The monoisotopic (exact) mass is 244 g/mol. The van der Waals surface area contributed by atoms with Crippen LogP contribution in [0, 0.1) is 0 Å². The fourth-order valence-corrected chi connectivity index (χ4v) is 1.32. The number of aromatic nitrogens is 1. The third-order valence-corrected chi connectivity index (χ3v) is 2.46. The van der Waals surface area contributed by atoms with E-state index in [0.717, 1.165) is 10.2 Å². The van der Waals surface area contributed by atoms with E-state index in [1.807, 2.05) is 24.9 Å². The molecule has 0 aliphatic rings. The summed E-state index contributed by atoms with van der Waals surface area (Å²) in [6.07, 6.45) is 3.51. The van der Waals surface area contributed by atoms with E-state index in [1.165, 1.54) is 0 Å². The summed E-state index contributed by atoms with van der Waals surface area (Å²) < 4.78 is 0.946. The number of pyridine rings is 1. The van der Waals surface area contributed by atoms with Crippen molar-refractivity contribution in [3.63, 3.8) is 0 Å². The smallest absolute Gasteiger partial charge is 0.0632 e. The fourth-order valence-electron chi connectivity index (χ4n) is 0.970. The number of hydrogen-bond donors (Lipinski definition) is 1. The second-order valence-electron chi connectivity index (χ2n) is 3.00. The Morgan fingerprint density at radius 1 is 1.62 bits per heavy atom. The largest absolute Gasteiger partial charge is 0.394 e. The second-order valence-corrected chi connectivity index (χ2v) is 3.92. The molecule has 0 aromatic carbocycles. The number of rotatable bonds is 3. The van der Waals surface area contributed by atoms with Crippen molar-refractivity contribution in [1.29, 1.82) is 0 Å². The summed E-state index contributed by atoms with van der Waals surface area (Å²) >= 11 is 3.35. The molecule has 1 N–H and O–H groups in total. The molecule has 13 heavy (non-hydrogen) atoms. The Morgan fingerprint density at radius 2 is 2.31 bits per heavy atom. The Hall–Kier alpha value is -0.610. The third-order valence-electron chi connectivity index (χ3n) is 2.02. The van der Waals surface area contributed by atoms with Crippen LogP contribution in [0.2, 0.25) is 0 Å². The van der Waals surface area contributed by atoms with Gasteiger partial charge in [0.15, 0.2) is 0 Å². The van der Waals surface area contributed by atoms with Gasteiger partial charge in [-0.25, -0.2) is 0 Å².